The Morgan fingerprint density at radius 1 is 1.03 bits per heavy atom. The van der Waals surface area contributed by atoms with Crippen molar-refractivity contribution < 1.29 is 9.53 Å². The smallest absolute Gasteiger partial charge is 0.302 e. The van der Waals surface area contributed by atoms with E-state index in [1.807, 2.05) is 0 Å². The summed E-state index contributed by atoms with van der Waals surface area (Å²) in [6.45, 7) is 9.35. The van der Waals surface area contributed by atoms with Gasteiger partial charge in [0.2, 0.25) is 0 Å². The fraction of sp³-hybridized carbons (Fsp3) is 0.880. The molecule has 1 heterocycles. The average molecular weight is 435 g/mol. The molecular formula is C25H38O2S2. The van der Waals surface area contributed by atoms with Gasteiger partial charge in [0.15, 0.2) is 0 Å². The van der Waals surface area contributed by atoms with Crippen molar-refractivity contribution in [3.8, 4) is 0 Å². The fourth-order valence-corrected chi connectivity index (χ4v) is 12.0. The van der Waals surface area contributed by atoms with Gasteiger partial charge in [0, 0.05) is 24.9 Å². The van der Waals surface area contributed by atoms with Gasteiger partial charge in [-0.05, 0) is 86.4 Å². The number of hydrogen-bond acceptors (Lipinski definition) is 4. The number of rotatable bonds is 2. The molecule has 5 rings (SSSR count). The van der Waals surface area contributed by atoms with Crippen LogP contribution < -0.4 is 0 Å². The number of allylic oxidation sites excluding steroid dienone is 1. The lowest BCUT2D eigenvalue weighted by Crippen LogP contribution is -2.52. The molecule has 3 saturated carbocycles. The first-order valence-electron chi connectivity index (χ1n) is 11.9. The summed E-state index contributed by atoms with van der Waals surface area (Å²) in [4.78, 5) is 11.5. The lowest BCUT2D eigenvalue weighted by Gasteiger charge is -2.59. The minimum Gasteiger partial charge on any atom is -0.462 e. The van der Waals surface area contributed by atoms with Gasteiger partial charge >= 0.3 is 5.97 Å². The molecule has 1 aliphatic heterocycles. The van der Waals surface area contributed by atoms with Gasteiger partial charge in [-0.3, -0.25) is 4.79 Å². The van der Waals surface area contributed by atoms with E-state index >= 15 is 0 Å². The third kappa shape index (κ3) is 3.17. The first-order valence-corrected chi connectivity index (χ1v) is 13.9. The van der Waals surface area contributed by atoms with Crippen molar-refractivity contribution in [2.75, 3.05) is 11.5 Å². The maximum atomic E-state index is 11.5. The third-order valence-electron chi connectivity index (χ3n) is 9.88. The molecule has 0 aromatic heterocycles. The summed E-state index contributed by atoms with van der Waals surface area (Å²) in [5, 5.41) is 0. The summed E-state index contributed by atoms with van der Waals surface area (Å²) in [5.41, 5.74) is 2.50. The molecule has 0 amide bonds. The van der Waals surface area contributed by atoms with Crippen LogP contribution in [0.3, 0.4) is 0 Å². The van der Waals surface area contributed by atoms with Crippen molar-refractivity contribution in [1.82, 2.24) is 0 Å². The Hall–Kier alpha value is -0.0900. The second-order valence-corrected chi connectivity index (χ2v) is 14.5. The Labute approximate surface area is 185 Å². The standard InChI is InChI=1S/C25H38O2S2/c1-16(26)27-18-9-11-23(2)17(15-18)5-6-19-20-7-8-22(25(4)28-13-14-29-25)24(20,3)12-10-21(19)23/h5,18-22H,6-15H2,1-4H3/t18-,19-,20-,21-,22-,23-,24-/m0/s1. The second-order valence-electron chi connectivity index (χ2n) is 11.1. The van der Waals surface area contributed by atoms with Gasteiger partial charge in [-0.15, -0.1) is 23.5 Å². The van der Waals surface area contributed by atoms with Crippen LogP contribution in [0.2, 0.25) is 0 Å². The highest BCUT2D eigenvalue weighted by molar-refractivity contribution is 8.21. The summed E-state index contributed by atoms with van der Waals surface area (Å²) in [6, 6.07) is 0. The van der Waals surface area contributed by atoms with Crippen LogP contribution in [0.4, 0.5) is 0 Å². The minimum absolute atomic E-state index is 0.115. The van der Waals surface area contributed by atoms with E-state index in [-0.39, 0.29) is 12.1 Å². The number of esters is 1. The minimum atomic E-state index is -0.116. The normalized spacial score (nSPS) is 48.3. The summed E-state index contributed by atoms with van der Waals surface area (Å²) < 4.78 is 6.06. The van der Waals surface area contributed by atoms with Crippen LogP contribution in [0.1, 0.15) is 79.1 Å². The average Bonchev–Trinajstić information content (AvgIpc) is 3.25. The van der Waals surface area contributed by atoms with Crippen LogP contribution in [0.25, 0.3) is 0 Å². The second kappa shape index (κ2) is 7.22. The van der Waals surface area contributed by atoms with Crippen molar-refractivity contribution in [3.63, 3.8) is 0 Å². The summed E-state index contributed by atoms with van der Waals surface area (Å²) in [6.07, 6.45) is 12.9. The van der Waals surface area contributed by atoms with Gasteiger partial charge in [-0.2, -0.15) is 0 Å². The summed E-state index contributed by atoms with van der Waals surface area (Å²) in [5.74, 6) is 6.08. The van der Waals surface area contributed by atoms with Crippen LogP contribution in [0.5, 0.6) is 0 Å². The van der Waals surface area contributed by atoms with Crippen LogP contribution >= 0.6 is 23.5 Å². The van der Waals surface area contributed by atoms with E-state index in [2.05, 4.69) is 50.4 Å². The van der Waals surface area contributed by atoms with Gasteiger partial charge in [0.1, 0.15) is 6.10 Å². The number of carbonyl (C=O) groups excluding carboxylic acids is 1. The van der Waals surface area contributed by atoms with Crippen molar-refractivity contribution in [3.05, 3.63) is 11.6 Å². The van der Waals surface area contributed by atoms with Crippen molar-refractivity contribution in [1.29, 1.82) is 0 Å². The first kappa shape index (κ1) is 20.8. The molecule has 0 aromatic rings. The van der Waals surface area contributed by atoms with E-state index in [1.54, 1.807) is 12.5 Å². The molecule has 0 unspecified atom stereocenters. The quantitative estimate of drug-likeness (QED) is 0.357. The zero-order chi connectivity index (χ0) is 20.4. The number of thioether (sulfide) groups is 2. The Balaban J connectivity index is 1.39. The first-order chi connectivity index (χ1) is 13.8. The number of carbonyl (C=O) groups is 1. The third-order valence-corrected chi connectivity index (χ3v) is 13.4. The molecule has 4 heteroatoms. The van der Waals surface area contributed by atoms with Gasteiger partial charge in [-0.25, -0.2) is 0 Å². The van der Waals surface area contributed by atoms with E-state index < -0.39 is 0 Å². The largest absolute Gasteiger partial charge is 0.462 e. The fourth-order valence-electron chi connectivity index (χ4n) is 8.56. The molecule has 4 aliphatic carbocycles. The van der Waals surface area contributed by atoms with Gasteiger partial charge in [-0.1, -0.05) is 25.5 Å². The number of ether oxygens (including phenoxy) is 1. The molecule has 0 radical (unpaired) electrons. The van der Waals surface area contributed by atoms with Gasteiger partial charge in [0.05, 0.1) is 4.08 Å². The Morgan fingerprint density at radius 3 is 2.52 bits per heavy atom. The van der Waals surface area contributed by atoms with Crippen LogP contribution in [-0.2, 0) is 9.53 Å². The Kier molecular flexibility index (Phi) is 5.18. The predicted octanol–water partition coefficient (Wildman–Crippen LogP) is 6.69. The maximum absolute atomic E-state index is 11.5. The topological polar surface area (TPSA) is 26.3 Å². The molecule has 1 saturated heterocycles. The van der Waals surface area contributed by atoms with Crippen molar-refractivity contribution in [2.45, 2.75) is 89.2 Å². The van der Waals surface area contributed by atoms with Gasteiger partial charge < -0.3 is 4.74 Å². The van der Waals surface area contributed by atoms with Crippen molar-refractivity contribution in [2.24, 2.45) is 34.5 Å². The Bertz CT molecular complexity index is 712. The number of fused-ring (bicyclic) bond motifs is 5. The predicted molar refractivity (Wildman–Crippen MR) is 124 cm³/mol. The van der Waals surface area contributed by atoms with E-state index in [9.17, 15) is 4.79 Å². The van der Waals surface area contributed by atoms with Crippen molar-refractivity contribution >= 4 is 29.5 Å². The summed E-state index contributed by atoms with van der Waals surface area (Å²) >= 11 is 4.52. The molecule has 5 aliphatic rings. The van der Waals surface area contributed by atoms with Crippen LogP contribution in [0, 0.1) is 34.5 Å². The monoisotopic (exact) mass is 434 g/mol. The highest BCUT2D eigenvalue weighted by Crippen LogP contribution is 2.70. The molecule has 162 valence electrons. The summed E-state index contributed by atoms with van der Waals surface area (Å²) in [7, 11) is 0. The molecule has 0 bridgehead atoms. The molecule has 2 nitrogen and oxygen atoms in total. The zero-order valence-electron chi connectivity index (χ0n) is 18.7. The SMILES string of the molecule is CC(=O)O[C@H]1CC[C@@]2(C)C(=CC[C@H]3[C@@H]4CC[C@H](C5(C)SCCS5)[C@@]4(C)CC[C@@H]32)C1. The molecule has 29 heavy (non-hydrogen) atoms. The maximum Gasteiger partial charge on any atom is 0.302 e. The number of hydrogen-bond donors (Lipinski definition) is 0. The van der Waals surface area contributed by atoms with E-state index in [4.69, 9.17) is 4.74 Å². The van der Waals surface area contributed by atoms with E-state index in [0.717, 1.165) is 36.5 Å². The van der Waals surface area contributed by atoms with Crippen LogP contribution in [-0.4, -0.2) is 27.7 Å². The Morgan fingerprint density at radius 2 is 1.79 bits per heavy atom. The molecule has 0 spiro atoms. The molecule has 4 fully saturated rings. The van der Waals surface area contributed by atoms with Crippen LogP contribution in [0.15, 0.2) is 11.6 Å². The molecular weight excluding hydrogens is 396 g/mol. The molecule has 0 N–H and O–H groups in total. The molecule has 0 aromatic carbocycles. The van der Waals surface area contributed by atoms with E-state index in [1.165, 1.54) is 50.0 Å². The highest BCUT2D eigenvalue weighted by atomic mass is 32.2. The lowest BCUT2D eigenvalue weighted by molar-refractivity contribution is -0.148. The van der Waals surface area contributed by atoms with Gasteiger partial charge in [0.25, 0.3) is 0 Å². The lowest BCUT2D eigenvalue weighted by atomic mass is 9.47. The van der Waals surface area contributed by atoms with E-state index in [0.29, 0.717) is 14.9 Å². The zero-order valence-corrected chi connectivity index (χ0v) is 20.3. The molecule has 7 atom stereocenters. The highest BCUT2D eigenvalue weighted by Gasteiger charge is 2.62.